The Labute approximate surface area is 114 Å². The lowest BCUT2D eigenvalue weighted by molar-refractivity contribution is 0.589. The first-order valence-corrected chi connectivity index (χ1v) is 6.95. The Hall–Kier alpha value is -1.68. The van der Waals surface area contributed by atoms with Crippen LogP contribution in [-0.2, 0) is 19.4 Å². The molecule has 0 aliphatic carbocycles. The van der Waals surface area contributed by atoms with Crippen molar-refractivity contribution in [2.75, 3.05) is 0 Å². The largest absolute Gasteiger partial charge is 0.335 e. The summed E-state index contributed by atoms with van der Waals surface area (Å²) in [7, 11) is 0. The molecule has 4 heteroatoms. The zero-order valence-corrected chi connectivity index (χ0v) is 11.7. The Morgan fingerprint density at radius 1 is 1.26 bits per heavy atom. The summed E-state index contributed by atoms with van der Waals surface area (Å²) in [6, 6.07) is 3.97. The van der Waals surface area contributed by atoms with E-state index in [0.717, 1.165) is 37.3 Å². The summed E-state index contributed by atoms with van der Waals surface area (Å²) in [5.74, 6) is 1.04. The predicted octanol–water partition coefficient (Wildman–Crippen LogP) is 2.49. The van der Waals surface area contributed by atoms with Gasteiger partial charge in [-0.15, -0.1) is 0 Å². The highest BCUT2D eigenvalue weighted by Gasteiger charge is 2.14. The number of nitrogens with zero attached hydrogens (tertiary/aromatic N) is 3. The molecular weight excluding hydrogens is 236 g/mol. The third-order valence-electron chi connectivity index (χ3n) is 3.33. The molecule has 0 aromatic carbocycles. The zero-order valence-electron chi connectivity index (χ0n) is 11.7. The summed E-state index contributed by atoms with van der Waals surface area (Å²) < 4.78 is 2.18. The SMILES string of the molecule is CCCn1ccnc1CC(N)c1ncccc1CC. The van der Waals surface area contributed by atoms with Gasteiger partial charge in [0.25, 0.3) is 0 Å². The van der Waals surface area contributed by atoms with Crippen LogP contribution in [0.25, 0.3) is 0 Å². The molecule has 0 saturated carbocycles. The van der Waals surface area contributed by atoms with E-state index < -0.39 is 0 Å². The Balaban J connectivity index is 2.16. The predicted molar refractivity (Wildman–Crippen MR) is 76.8 cm³/mol. The van der Waals surface area contributed by atoms with E-state index in [0.29, 0.717) is 0 Å². The number of hydrogen-bond acceptors (Lipinski definition) is 3. The highest BCUT2D eigenvalue weighted by atomic mass is 15.1. The van der Waals surface area contributed by atoms with E-state index in [2.05, 4.69) is 34.4 Å². The summed E-state index contributed by atoms with van der Waals surface area (Å²) in [6.45, 7) is 5.29. The van der Waals surface area contributed by atoms with E-state index in [1.54, 1.807) is 0 Å². The molecule has 0 spiro atoms. The van der Waals surface area contributed by atoms with Crippen molar-refractivity contribution in [2.45, 2.75) is 45.7 Å². The molecule has 0 amide bonds. The van der Waals surface area contributed by atoms with Crippen LogP contribution >= 0.6 is 0 Å². The smallest absolute Gasteiger partial charge is 0.110 e. The number of rotatable bonds is 6. The van der Waals surface area contributed by atoms with E-state index in [4.69, 9.17) is 5.73 Å². The van der Waals surface area contributed by atoms with Crippen LogP contribution < -0.4 is 5.73 Å². The maximum atomic E-state index is 6.31. The van der Waals surface area contributed by atoms with Crippen molar-refractivity contribution in [1.29, 1.82) is 0 Å². The van der Waals surface area contributed by atoms with E-state index in [9.17, 15) is 0 Å². The first-order valence-electron chi connectivity index (χ1n) is 6.95. The number of pyridine rings is 1. The molecule has 1 atom stereocenters. The minimum atomic E-state index is -0.0887. The van der Waals surface area contributed by atoms with E-state index in [-0.39, 0.29) is 6.04 Å². The Bertz CT molecular complexity index is 518. The molecule has 0 saturated heterocycles. The molecule has 4 nitrogen and oxygen atoms in total. The molecule has 0 radical (unpaired) electrons. The van der Waals surface area contributed by atoms with Gasteiger partial charge in [0.15, 0.2) is 0 Å². The number of aromatic nitrogens is 3. The average molecular weight is 258 g/mol. The maximum Gasteiger partial charge on any atom is 0.110 e. The lowest BCUT2D eigenvalue weighted by Gasteiger charge is -2.15. The molecule has 2 aromatic heterocycles. The van der Waals surface area contributed by atoms with Crippen LogP contribution in [0.5, 0.6) is 0 Å². The fraction of sp³-hybridized carbons (Fsp3) is 0.467. The monoisotopic (exact) mass is 258 g/mol. The average Bonchev–Trinajstić information content (AvgIpc) is 2.86. The number of hydrogen-bond donors (Lipinski definition) is 1. The molecule has 0 aliphatic heterocycles. The molecule has 0 aliphatic rings. The van der Waals surface area contributed by atoms with Gasteiger partial charge in [-0.2, -0.15) is 0 Å². The number of nitrogens with two attached hydrogens (primary N) is 1. The fourth-order valence-electron chi connectivity index (χ4n) is 2.35. The highest BCUT2D eigenvalue weighted by molar-refractivity contribution is 5.23. The van der Waals surface area contributed by atoms with Gasteiger partial charge in [-0.05, 0) is 24.5 Å². The topological polar surface area (TPSA) is 56.7 Å². The van der Waals surface area contributed by atoms with Gasteiger partial charge in [0.05, 0.1) is 11.7 Å². The van der Waals surface area contributed by atoms with Gasteiger partial charge in [0.2, 0.25) is 0 Å². The Morgan fingerprint density at radius 3 is 2.84 bits per heavy atom. The summed E-state index contributed by atoms with van der Waals surface area (Å²) in [6.07, 6.45) is 8.47. The summed E-state index contributed by atoms with van der Waals surface area (Å²) in [5.41, 5.74) is 8.53. The minimum absolute atomic E-state index is 0.0887. The standard InChI is InChI=1S/C15H22N4/c1-3-9-19-10-8-17-14(19)11-13(16)15-12(4-2)6-5-7-18-15/h5-8,10,13H,3-4,9,11,16H2,1-2H3. The van der Waals surface area contributed by atoms with Crippen LogP contribution in [0, 0.1) is 0 Å². The van der Waals surface area contributed by atoms with Crippen LogP contribution in [0.2, 0.25) is 0 Å². The molecule has 2 N–H and O–H groups in total. The van der Waals surface area contributed by atoms with Gasteiger partial charge in [-0.1, -0.05) is 19.9 Å². The molecule has 0 fully saturated rings. The molecule has 2 heterocycles. The number of aryl methyl sites for hydroxylation is 2. The van der Waals surface area contributed by atoms with Gasteiger partial charge in [-0.25, -0.2) is 4.98 Å². The first-order chi connectivity index (χ1) is 9.26. The van der Waals surface area contributed by atoms with Crippen molar-refractivity contribution in [3.8, 4) is 0 Å². The van der Waals surface area contributed by atoms with Crippen LogP contribution in [-0.4, -0.2) is 14.5 Å². The van der Waals surface area contributed by atoms with Crippen molar-refractivity contribution >= 4 is 0 Å². The van der Waals surface area contributed by atoms with Crippen molar-refractivity contribution in [3.05, 3.63) is 47.8 Å². The molecule has 2 rings (SSSR count). The fourth-order valence-corrected chi connectivity index (χ4v) is 2.35. The van der Waals surface area contributed by atoms with Crippen molar-refractivity contribution in [2.24, 2.45) is 5.73 Å². The quantitative estimate of drug-likeness (QED) is 0.866. The Kier molecular flexibility index (Phi) is 4.68. The lowest BCUT2D eigenvalue weighted by Crippen LogP contribution is -2.19. The minimum Gasteiger partial charge on any atom is -0.335 e. The third-order valence-corrected chi connectivity index (χ3v) is 3.33. The maximum absolute atomic E-state index is 6.31. The van der Waals surface area contributed by atoms with E-state index in [1.807, 2.05) is 24.7 Å². The van der Waals surface area contributed by atoms with Gasteiger partial charge >= 0.3 is 0 Å². The Morgan fingerprint density at radius 2 is 2.11 bits per heavy atom. The summed E-state index contributed by atoms with van der Waals surface area (Å²) >= 11 is 0. The van der Waals surface area contributed by atoms with Crippen LogP contribution in [0.3, 0.4) is 0 Å². The molecule has 19 heavy (non-hydrogen) atoms. The van der Waals surface area contributed by atoms with Crippen molar-refractivity contribution < 1.29 is 0 Å². The highest BCUT2D eigenvalue weighted by Crippen LogP contribution is 2.17. The third kappa shape index (κ3) is 3.20. The van der Waals surface area contributed by atoms with Crippen LogP contribution in [0.15, 0.2) is 30.7 Å². The second kappa shape index (κ2) is 6.48. The first kappa shape index (κ1) is 13.7. The van der Waals surface area contributed by atoms with E-state index in [1.165, 1.54) is 5.56 Å². The molecule has 102 valence electrons. The molecular formula is C15H22N4. The second-order valence-electron chi connectivity index (χ2n) is 4.75. The summed E-state index contributed by atoms with van der Waals surface area (Å²) in [5, 5.41) is 0. The van der Waals surface area contributed by atoms with Gasteiger partial charge in [0, 0.05) is 31.6 Å². The second-order valence-corrected chi connectivity index (χ2v) is 4.75. The van der Waals surface area contributed by atoms with Crippen LogP contribution in [0.4, 0.5) is 0 Å². The summed E-state index contributed by atoms with van der Waals surface area (Å²) in [4.78, 5) is 8.85. The molecule has 1 unspecified atom stereocenters. The van der Waals surface area contributed by atoms with Crippen molar-refractivity contribution in [1.82, 2.24) is 14.5 Å². The zero-order chi connectivity index (χ0) is 13.7. The normalized spacial score (nSPS) is 12.6. The van der Waals surface area contributed by atoms with E-state index >= 15 is 0 Å². The lowest BCUT2D eigenvalue weighted by atomic mass is 10.0. The molecule has 0 bridgehead atoms. The molecule has 2 aromatic rings. The van der Waals surface area contributed by atoms with Crippen molar-refractivity contribution in [3.63, 3.8) is 0 Å². The van der Waals surface area contributed by atoms with Crippen LogP contribution in [0.1, 0.15) is 43.4 Å². The van der Waals surface area contributed by atoms with Gasteiger partial charge in [0.1, 0.15) is 5.82 Å². The number of imidazole rings is 1. The van der Waals surface area contributed by atoms with Gasteiger partial charge < -0.3 is 10.3 Å². The van der Waals surface area contributed by atoms with Gasteiger partial charge in [-0.3, -0.25) is 4.98 Å².